The van der Waals surface area contributed by atoms with E-state index in [-0.39, 0.29) is 11.8 Å². The molecule has 2 heterocycles. The van der Waals surface area contributed by atoms with Crippen molar-refractivity contribution in [1.29, 1.82) is 0 Å². The molecule has 1 aliphatic rings. The van der Waals surface area contributed by atoms with Gasteiger partial charge in [-0.05, 0) is 24.3 Å². The monoisotopic (exact) mass is 368 g/mol. The van der Waals surface area contributed by atoms with Crippen LogP contribution in [0, 0.1) is 0 Å². The molecule has 1 fully saturated rings. The summed E-state index contributed by atoms with van der Waals surface area (Å²) < 4.78 is 5.98. The average molecular weight is 368 g/mol. The molecule has 0 aliphatic carbocycles. The van der Waals surface area contributed by atoms with Crippen LogP contribution in [0.1, 0.15) is 6.92 Å². The summed E-state index contributed by atoms with van der Waals surface area (Å²) in [6.45, 7) is 4.19. The Morgan fingerprint density at radius 2 is 1.67 bits per heavy atom. The quantitative estimate of drug-likeness (QED) is 0.799. The first-order valence-corrected chi connectivity index (χ1v) is 8.95. The van der Waals surface area contributed by atoms with Crippen LogP contribution in [0.3, 0.4) is 0 Å². The first-order chi connectivity index (χ1) is 13.1. The molecule has 1 aliphatic heterocycles. The molecule has 0 N–H and O–H groups in total. The molecule has 2 aromatic rings. The van der Waals surface area contributed by atoms with Crippen LogP contribution in [0.4, 0.5) is 5.69 Å². The topological polar surface area (TPSA) is 66.0 Å². The zero-order chi connectivity index (χ0) is 19.2. The van der Waals surface area contributed by atoms with E-state index in [2.05, 4.69) is 9.88 Å². The molecule has 0 bridgehead atoms. The number of aromatic nitrogens is 1. The van der Waals surface area contributed by atoms with Crippen molar-refractivity contribution >= 4 is 17.5 Å². The fourth-order valence-electron chi connectivity index (χ4n) is 3.00. The molecule has 1 aromatic carbocycles. The lowest BCUT2D eigenvalue weighted by Gasteiger charge is -2.39. The fraction of sp³-hybridized carbons (Fsp3) is 0.350. The van der Waals surface area contributed by atoms with Crippen molar-refractivity contribution in [2.75, 3.05) is 38.1 Å². The van der Waals surface area contributed by atoms with E-state index in [1.807, 2.05) is 35.2 Å². The van der Waals surface area contributed by atoms with Crippen molar-refractivity contribution in [1.82, 2.24) is 14.8 Å². The lowest BCUT2D eigenvalue weighted by molar-refractivity contribution is -0.153. The molecule has 1 atom stereocenters. The zero-order valence-electron chi connectivity index (χ0n) is 15.6. The molecule has 2 amide bonds. The summed E-state index contributed by atoms with van der Waals surface area (Å²) in [5.41, 5.74) is 1.11. The highest BCUT2D eigenvalue weighted by atomic mass is 16.5. The molecule has 1 unspecified atom stereocenters. The van der Waals surface area contributed by atoms with Crippen LogP contribution in [0.25, 0.3) is 0 Å². The summed E-state index contributed by atoms with van der Waals surface area (Å²) in [7, 11) is 1.49. The van der Waals surface area contributed by atoms with E-state index >= 15 is 0 Å². The predicted molar refractivity (Wildman–Crippen MR) is 102 cm³/mol. The molecule has 3 rings (SSSR count). The molecule has 1 aromatic heterocycles. The molecule has 7 heteroatoms. The third kappa shape index (κ3) is 4.62. The normalized spacial score (nSPS) is 15.9. The van der Waals surface area contributed by atoms with E-state index in [9.17, 15) is 9.59 Å². The van der Waals surface area contributed by atoms with Crippen LogP contribution in [-0.2, 0) is 9.59 Å². The standard InChI is InChI=1S/C20H24N4O3/c1-16(25)22(2)19(26)20(27-18-6-4-3-5-7-18)24-14-12-23(13-15-24)17-8-10-21-11-9-17/h3-11,20H,12-15H2,1-2H3. The van der Waals surface area contributed by atoms with Gasteiger partial charge < -0.3 is 9.64 Å². The van der Waals surface area contributed by atoms with E-state index in [0.717, 1.165) is 23.7 Å². The minimum absolute atomic E-state index is 0.308. The maximum atomic E-state index is 12.9. The Labute approximate surface area is 159 Å². The molecule has 0 spiro atoms. The Balaban J connectivity index is 1.73. The first-order valence-electron chi connectivity index (χ1n) is 8.95. The minimum atomic E-state index is -0.833. The number of carbonyl (C=O) groups excluding carboxylic acids is 2. The Hall–Kier alpha value is -2.93. The van der Waals surface area contributed by atoms with Gasteiger partial charge in [-0.1, -0.05) is 18.2 Å². The number of hydrogen-bond acceptors (Lipinski definition) is 6. The van der Waals surface area contributed by atoms with Gasteiger partial charge in [0, 0.05) is 58.2 Å². The number of amides is 2. The summed E-state index contributed by atoms with van der Waals surface area (Å²) in [6.07, 6.45) is 2.71. The van der Waals surface area contributed by atoms with Gasteiger partial charge in [-0.15, -0.1) is 0 Å². The number of pyridine rings is 1. The predicted octanol–water partition coefficient (Wildman–Crippen LogP) is 1.61. The smallest absolute Gasteiger partial charge is 0.285 e. The SMILES string of the molecule is CC(=O)N(C)C(=O)C(Oc1ccccc1)N1CCN(c2ccncc2)CC1. The molecule has 27 heavy (non-hydrogen) atoms. The van der Waals surface area contributed by atoms with Gasteiger partial charge in [0.05, 0.1) is 0 Å². The Morgan fingerprint density at radius 3 is 2.26 bits per heavy atom. The molecule has 0 radical (unpaired) electrons. The second-order valence-corrected chi connectivity index (χ2v) is 6.43. The van der Waals surface area contributed by atoms with Gasteiger partial charge in [-0.2, -0.15) is 0 Å². The largest absolute Gasteiger partial charge is 0.466 e. The maximum absolute atomic E-state index is 12.9. The maximum Gasteiger partial charge on any atom is 0.285 e. The lowest BCUT2D eigenvalue weighted by Crippen LogP contribution is -2.57. The number of imide groups is 1. The van der Waals surface area contributed by atoms with Crippen LogP contribution in [-0.4, -0.2) is 66.1 Å². The summed E-state index contributed by atoms with van der Waals surface area (Å²) >= 11 is 0. The number of likely N-dealkylation sites (N-methyl/N-ethyl adjacent to an activating group) is 1. The summed E-state index contributed by atoms with van der Waals surface area (Å²) in [4.78, 5) is 33.9. The first kappa shape index (κ1) is 18.8. The van der Waals surface area contributed by atoms with Crippen molar-refractivity contribution in [3.05, 3.63) is 54.9 Å². The van der Waals surface area contributed by atoms with E-state index in [1.165, 1.54) is 14.0 Å². The highest BCUT2D eigenvalue weighted by Crippen LogP contribution is 2.19. The van der Waals surface area contributed by atoms with Crippen molar-refractivity contribution in [2.45, 2.75) is 13.2 Å². The third-order valence-corrected chi connectivity index (χ3v) is 4.68. The van der Waals surface area contributed by atoms with Gasteiger partial charge in [-0.25, -0.2) is 0 Å². The highest BCUT2D eigenvalue weighted by molar-refractivity contribution is 5.96. The lowest BCUT2D eigenvalue weighted by atomic mass is 10.2. The number of ether oxygens (including phenoxy) is 1. The van der Waals surface area contributed by atoms with Gasteiger partial charge in [0.25, 0.3) is 5.91 Å². The van der Waals surface area contributed by atoms with E-state index in [0.29, 0.717) is 18.8 Å². The van der Waals surface area contributed by atoms with Crippen molar-refractivity contribution in [3.63, 3.8) is 0 Å². The molecule has 142 valence electrons. The number of benzene rings is 1. The van der Waals surface area contributed by atoms with Crippen LogP contribution < -0.4 is 9.64 Å². The van der Waals surface area contributed by atoms with Gasteiger partial charge in [0.15, 0.2) is 0 Å². The summed E-state index contributed by atoms with van der Waals surface area (Å²) in [6, 6.07) is 13.2. The summed E-state index contributed by atoms with van der Waals surface area (Å²) in [5, 5.41) is 0. The van der Waals surface area contributed by atoms with Crippen LogP contribution in [0.2, 0.25) is 0 Å². The van der Waals surface area contributed by atoms with Crippen LogP contribution >= 0.6 is 0 Å². The second-order valence-electron chi connectivity index (χ2n) is 6.43. The van der Waals surface area contributed by atoms with Crippen molar-refractivity contribution < 1.29 is 14.3 Å². The minimum Gasteiger partial charge on any atom is -0.466 e. The number of rotatable bonds is 5. The van der Waals surface area contributed by atoms with Gasteiger partial charge in [0.2, 0.25) is 12.1 Å². The molecule has 0 saturated carbocycles. The van der Waals surface area contributed by atoms with Crippen molar-refractivity contribution in [2.24, 2.45) is 0 Å². The van der Waals surface area contributed by atoms with Gasteiger partial charge in [0.1, 0.15) is 5.75 Å². The Morgan fingerprint density at radius 1 is 1.04 bits per heavy atom. The molecular formula is C20H24N4O3. The molecule has 1 saturated heterocycles. The highest BCUT2D eigenvalue weighted by Gasteiger charge is 2.34. The number of anilines is 1. The van der Waals surface area contributed by atoms with Gasteiger partial charge >= 0.3 is 0 Å². The van der Waals surface area contributed by atoms with Crippen LogP contribution in [0.5, 0.6) is 5.75 Å². The third-order valence-electron chi connectivity index (χ3n) is 4.68. The van der Waals surface area contributed by atoms with Gasteiger partial charge in [-0.3, -0.25) is 24.4 Å². The zero-order valence-corrected chi connectivity index (χ0v) is 15.6. The number of carbonyl (C=O) groups is 2. The van der Waals surface area contributed by atoms with Crippen molar-refractivity contribution in [3.8, 4) is 5.75 Å². The number of hydrogen-bond donors (Lipinski definition) is 0. The summed E-state index contributed by atoms with van der Waals surface area (Å²) in [5.74, 6) is -0.0647. The number of piperazine rings is 1. The van der Waals surface area contributed by atoms with E-state index in [1.54, 1.807) is 24.5 Å². The average Bonchev–Trinajstić information content (AvgIpc) is 2.72. The molecular weight excluding hydrogens is 344 g/mol. The van der Waals surface area contributed by atoms with E-state index < -0.39 is 6.23 Å². The van der Waals surface area contributed by atoms with Crippen LogP contribution in [0.15, 0.2) is 54.9 Å². The Bertz CT molecular complexity index is 761. The molecule has 7 nitrogen and oxygen atoms in total. The van der Waals surface area contributed by atoms with E-state index in [4.69, 9.17) is 4.74 Å². The fourth-order valence-corrected chi connectivity index (χ4v) is 3.00. The number of para-hydroxylation sites is 1. The second kappa shape index (κ2) is 8.64. The number of nitrogens with zero attached hydrogens (tertiary/aromatic N) is 4. The Kier molecular flexibility index (Phi) is 6.03.